The molecule has 1 atom stereocenters. The number of aromatic nitrogens is 1. The predicted octanol–water partition coefficient (Wildman–Crippen LogP) is 2.23. The molecule has 3 rings (SSSR count). The van der Waals surface area contributed by atoms with Crippen molar-refractivity contribution >= 4 is 15.7 Å². The molecule has 1 aliphatic rings. The van der Waals surface area contributed by atoms with Crippen LogP contribution in [0.1, 0.15) is 31.2 Å². The van der Waals surface area contributed by atoms with Crippen LogP contribution in [0.3, 0.4) is 0 Å². The fraction of sp³-hybridized carbons (Fsp3) is 0.412. The normalized spacial score (nSPS) is 15.9. The highest BCUT2D eigenvalue weighted by atomic mass is 32.2. The van der Waals surface area contributed by atoms with Crippen LogP contribution >= 0.6 is 0 Å². The van der Waals surface area contributed by atoms with Gasteiger partial charge in [0.2, 0.25) is 11.8 Å². The number of sulfone groups is 1. The zero-order chi connectivity index (χ0) is 17.3. The Labute approximate surface area is 141 Å². The Kier molecular flexibility index (Phi) is 4.45. The number of nitrogens with one attached hydrogen (secondary N) is 1. The maximum absolute atomic E-state index is 12.5. The van der Waals surface area contributed by atoms with Crippen molar-refractivity contribution in [2.75, 3.05) is 0 Å². The summed E-state index contributed by atoms with van der Waals surface area (Å²) in [6.45, 7) is 3.10. The lowest BCUT2D eigenvalue weighted by Crippen LogP contribution is -2.39. The van der Waals surface area contributed by atoms with Crippen LogP contribution in [-0.2, 0) is 20.4 Å². The second-order valence-corrected chi connectivity index (χ2v) is 8.44. The fourth-order valence-corrected chi connectivity index (χ4v) is 3.58. The van der Waals surface area contributed by atoms with Gasteiger partial charge in [-0.2, -0.15) is 0 Å². The SMILES string of the molecule is Cc1oc(-c2ccccc2)nc1CS(=O)(=O)C(C)C(=O)NC1CC1. The topological polar surface area (TPSA) is 89.3 Å². The van der Waals surface area contributed by atoms with Gasteiger partial charge in [0.05, 0.1) is 11.4 Å². The molecule has 0 bridgehead atoms. The minimum atomic E-state index is -3.66. The monoisotopic (exact) mass is 348 g/mol. The van der Waals surface area contributed by atoms with Gasteiger partial charge in [0, 0.05) is 11.6 Å². The summed E-state index contributed by atoms with van der Waals surface area (Å²) in [5.74, 6) is 0.0802. The molecule has 2 aromatic rings. The van der Waals surface area contributed by atoms with Gasteiger partial charge in [-0.05, 0) is 38.8 Å². The first kappa shape index (κ1) is 16.7. The van der Waals surface area contributed by atoms with Gasteiger partial charge in [-0.1, -0.05) is 18.2 Å². The van der Waals surface area contributed by atoms with Crippen molar-refractivity contribution in [3.63, 3.8) is 0 Å². The summed E-state index contributed by atoms with van der Waals surface area (Å²) in [5.41, 5.74) is 1.13. The van der Waals surface area contributed by atoms with Gasteiger partial charge in [0.25, 0.3) is 0 Å². The highest BCUT2D eigenvalue weighted by Crippen LogP contribution is 2.24. The van der Waals surface area contributed by atoms with E-state index in [2.05, 4.69) is 10.3 Å². The van der Waals surface area contributed by atoms with Crippen molar-refractivity contribution in [1.29, 1.82) is 0 Å². The zero-order valence-electron chi connectivity index (χ0n) is 13.7. The number of rotatable bonds is 6. The zero-order valence-corrected chi connectivity index (χ0v) is 14.5. The molecule has 1 heterocycles. The molecule has 24 heavy (non-hydrogen) atoms. The Bertz CT molecular complexity index is 839. The van der Waals surface area contributed by atoms with Crippen molar-refractivity contribution in [3.8, 4) is 11.5 Å². The molecule has 1 fully saturated rings. The lowest BCUT2D eigenvalue weighted by atomic mass is 10.2. The third-order valence-electron chi connectivity index (χ3n) is 4.08. The maximum Gasteiger partial charge on any atom is 0.238 e. The highest BCUT2D eigenvalue weighted by molar-refractivity contribution is 7.92. The second-order valence-electron chi connectivity index (χ2n) is 6.12. The third kappa shape index (κ3) is 3.67. The van der Waals surface area contributed by atoms with Gasteiger partial charge in [-0.15, -0.1) is 0 Å². The van der Waals surface area contributed by atoms with E-state index in [0.717, 1.165) is 18.4 Å². The van der Waals surface area contributed by atoms with Gasteiger partial charge in [0.1, 0.15) is 11.0 Å². The number of oxazole rings is 1. The molecular weight excluding hydrogens is 328 g/mol. The highest BCUT2D eigenvalue weighted by Gasteiger charge is 2.33. The number of carbonyl (C=O) groups is 1. The van der Waals surface area contributed by atoms with Gasteiger partial charge in [-0.3, -0.25) is 4.79 Å². The summed E-state index contributed by atoms with van der Waals surface area (Å²) >= 11 is 0. The van der Waals surface area contributed by atoms with E-state index in [0.29, 0.717) is 17.3 Å². The number of hydrogen-bond acceptors (Lipinski definition) is 5. The molecule has 1 aromatic heterocycles. The molecule has 0 radical (unpaired) electrons. The first-order valence-corrected chi connectivity index (χ1v) is 9.62. The molecule has 0 aliphatic heterocycles. The molecule has 0 spiro atoms. The Morgan fingerprint density at radius 3 is 2.62 bits per heavy atom. The smallest absolute Gasteiger partial charge is 0.238 e. The number of benzene rings is 1. The van der Waals surface area contributed by atoms with Crippen LogP contribution in [-0.4, -0.2) is 30.6 Å². The van der Waals surface area contributed by atoms with E-state index in [9.17, 15) is 13.2 Å². The predicted molar refractivity (Wildman–Crippen MR) is 89.9 cm³/mol. The van der Waals surface area contributed by atoms with E-state index < -0.39 is 21.0 Å². The van der Waals surface area contributed by atoms with Crippen LogP contribution in [0.25, 0.3) is 11.5 Å². The number of carbonyl (C=O) groups excluding carboxylic acids is 1. The van der Waals surface area contributed by atoms with E-state index in [1.54, 1.807) is 6.92 Å². The second kappa shape index (κ2) is 6.39. The number of amides is 1. The molecule has 1 N–H and O–H groups in total. The van der Waals surface area contributed by atoms with Crippen molar-refractivity contribution in [2.45, 2.75) is 43.7 Å². The maximum atomic E-state index is 12.5. The van der Waals surface area contributed by atoms with Crippen LogP contribution in [0.5, 0.6) is 0 Å². The Morgan fingerprint density at radius 1 is 1.33 bits per heavy atom. The quantitative estimate of drug-likeness (QED) is 0.865. The summed E-state index contributed by atoms with van der Waals surface area (Å²) in [4.78, 5) is 16.3. The van der Waals surface area contributed by atoms with Crippen molar-refractivity contribution in [2.24, 2.45) is 0 Å². The van der Waals surface area contributed by atoms with Crippen LogP contribution in [0.15, 0.2) is 34.7 Å². The molecule has 0 saturated heterocycles. The minimum absolute atomic E-state index is 0.133. The summed E-state index contributed by atoms with van der Waals surface area (Å²) in [7, 11) is -3.66. The summed E-state index contributed by atoms with van der Waals surface area (Å²) in [6.07, 6.45) is 1.84. The van der Waals surface area contributed by atoms with Crippen molar-refractivity contribution in [3.05, 3.63) is 41.8 Å². The van der Waals surface area contributed by atoms with Gasteiger partial charge >= 0.3 is 0 Å². The average molecular weight is 348 g/mol. The van der Waals surface area contributed by atoms with E-state index in [4.69, 9.17) is 4.42 Å². The fourth-order valence-electron chi connectivity index (χ4n) is 2.29. The Hall–Kier alpha value is -2.15. The lowest BCUT2D eigenvalue weighted by molar-refractivity contribution is -0.120. The molecule has 1 saturated carbocycles. The standard InChI is InChI=1S/C17H20N2O4S/c1-11-15(19-17(23-11)13-6-4-3-5-7-13)10-24(21,22)12(2)16(20)18-14-8-9-14/h3-7,12,14H,8-10H2,1-2H3,(H,18,20). The van der Waals surface area contributed by atoms with Crippen LogP contribution < -0.4 is 5.32 Å². The van der Waals surface area contributed by atoms with E-state index in [1.165, 1.54) is 6.92 Å². The van der Waals surface area contributed by atoms with Gasteiger partial charge in [0.15, 0.2) is 9.84 Å². The molecule has 6 nitrogen and oxygen atoms in total. The number of hydrogen-bond donors (Lipinski definition) is 1. The minimum Gasteiger partial charge on any atom is -0.441 e. The van der Waals surface area contributed by atoms with E-state index >= 15 is 0 Å². The molecule has 128 valence electrons. The summed E-state index contributed by atoms with van der Waals surface area (Å²) in [5, 5.41) is 1.63. The Balaban J connectivity index is 1.77. The molecular formula is C17H20N2O4S. The van der Waals surface area contributed by atoms with Crippen molar-refractivity contribution in [1.82, 2.24) is 10.3 Å². The number of nitrogens with zero attached hydrogens (tertiary/aromatic N) is 1. The average Bonchev–Trinajstić information content (AvgIpc) is 3.30. The first-order valence-electron chi connectivity index (χ1n) is 7.90. The molecule has 1 unspecified atom stereocenters. The van der Waals surface area contributed by atoms with E-state index in [1.807, 2.05) is 30.3 Å². The van der Waals surface area contributed by atoms with Crippen LogP contribution in [0, 0.1) is 6.92 Å². The summed E-state index contributed by atoms with van der Waals surface area (Å²) < 4.78 is 30.6. The van der Waals surface area contributed by atoms with Crippen molar-refractivity contribution < 1.29 is 17.6 Å². The lowest BCUT2D eigenvalue weighted by Gasteiger charge is -2.12. The van der Waals surface area contributed by atoms with Crippen LogP contribution in [0.2, 0.25) is 0 Å². The molecule has 1 amide bonds. The molecule has 1 aromatic carbocycles. The number of aryl methyl sites for hydroxylation is 1. The summed E-state index contributed by atoms with van der Waals surface area (Å²) in [6, 6.07) is 9.41. The molecule has 7 heteroatoms. The molecule has 1 aliphatic carbocycles. The van der Waals surface area contributed by atoms with Gasteiger partial charge < -0.3 is 9.73 Å². The van der Waals surface area contributed by atoms with Gasteiger partial charge in [-0.25, -0.2) is 13.4 Å². The largest absolute Gasteiger partial charge is 0.441 e. The van der Waals surface area contributed by atoms with Crippen LogP contribution in [0.4, 0.5) is 0 Å². The first-order chi connectivity index (χ1) is 11.4. The third-order valence-corrected chi connectivity index (χ3v) is 6.05. The van der Waals surface area contributed by atoms with E-state index in [-0.39, 0.29) is 11.8 Å². The Morgan fingerprint density at radius 2 is 2.00 bits per heavy atom.